The number of amides is 1. The largest absolute Gasteiger partial charge is 0.341 e. The molecule has 122 valence electrons. The van der Waals surface area contributed by atoms with E-state index in [-0.39, 0.29) is 5.91 Å². The van der Waals surface area contributed by atoms with Gasteiger partial charge in [0.25, 0.3) is 0 Å². The lowest BCUT2D eigenvalue weighted by Gasteiger charge is -2.17. The molecule has 2 heterocycles. The van der Waals surface area contributed by atoms with Crippen LogP contribution in [0.2, 0.25) is 0 Å². The number of carbonyl (C=O) groups is 1. The zero-order valence-electron chi connectivity index (χ0n) is 13.6. The maximum atomic E-state index is 12.3. The van der Waals surface area contributed by atoms with Gasteiger partial charge in [0.1, 0.15) is 5.01 Å². The standard InChI is InChI=1S/C19H19N3OS/c1-22(13-15-7-3-2-4-8-15)18(23)11-10-16-14-24-19(21-16)17-9-5-6-12-20-17/h2-9,12,14H,10-11,13H2,1H3. The second-order valence-electron chi connectivity index (χ2n) is 5.59. The second-order valence-corrected chi connectivity index (χ2v) is 6.45. The Kier molecular flexibility index (Phi) is 5.33. The first kappa shape index (κ1) is 16.3. The van der Waals surface area contributed by atoms with Crippen molar-refractivity contribution in [2.24, 2.45) is 0 Å². The molecule has 0 aliphatic carbocycles. The third-order valence-electron chi connectivity index (χ3n) is 3.72. The fraction of sp³-hybridized carbons (Fsp3) is 0.211. The third kappa shape index (κ3) is 4.26. The van der Waals surface area contributed by atoms with Gasteiger partial charge < -0.3 is 4.90 Å². The highest BCUT2D eigenvalue weighted by Crippen LogP contribution is 2.22. The van der Waals surface area contributed by atoms with Crippen molar-refractivity contribution in [3.63, 3.8) is 0 Å². The van der Waals surface area contributed by atoms with Crippen LogP contribution in [0, 0.1) is 0 Å². The molecule has 0 bridgehead atoms. The van der Waals surface area contributed by atoms with Crippen LogP contribution in [0.15, 0.2) is 60.1 Å². The van der Waals surface area contributed by atoms with Crippen molar-refractivity contribution in [2.75, 3.05) is 7.05 Å². The summed E-state index contributed by atoms with van der Waals surface area (Å²) in [7, 11) is 1.84. The summed E-state index contributed by atoms with van der Waals surface area (Å²) in [6.45, 7) is 0.635. The van der Waals surface area contributed by atoms with Crippen LogP contribution in [0.5, 0.6) is 0 Å². The minimum Gasteiger partial charge on any atom is -0.341 e. The number of hydrogen-bond donors (Lipinski definition) is 0. The minimum atomic E-state index is 0.131. The van der Waals surface area contributed by atoms with E-state index >= 15 is 0 Å². The quantitative estimate of drug-likeness (QED) is 0.687. The highest BCUT2D eigenvalue weighted by molar-refractivity contribution is 7.13. The van der Waals surface area contributed by atoms with E-state index in [1.54, 1.807) is 22.4 Å². The van der Waals surface area contributed by atoms with E-state index in [1.807, 2.05) is 61.0 Å². The Labute approximate surface area is 145 Å². The van der Waals surface area contributed by atoms with Crippen LogP contribution in [0.25, 0.3) is 10.7 Å². The Morgan fingerprint density at radius 2 is 1.92 bits per heavy atom. The Balaban J connectivity index is 1.54. The number of nitrogens with zero attached hydrogens (tertiary/aromatic N) is 3. The van der Waals surface area contributed by atoms with E-state index < -0.39 is 0 Å². The average Bonchev–Trinajstić information content (AvgIpc) is 3.10. The Bertz CT molecular complexity index is 787. The maximum absolute atomic E-state index is 12.3. The number of rotatable bonds is 6. The molecule has 0 saturated heterocycles. The molecular formula is C19H19N3OS. The normalized spacial score (nSPS) is 10.5. The molecule has 3 rings (SSSR count). The average molecular weight is 337 g/mol. The zero-order chi connectivity index (χ0) is 16.8. The number of thiazole rings is 1. The topological polar surface area (TPSA) is 46.1 Å². The summed E-state index contributed by atoms with van der Waals surface area (Å²) in [5.74, 6) is 0.131. The monoisotopic (exact) mass is 337 g/mol. The molecule has 3 aromatic rings. The summed E-state index contributed by atoms with van der Waals surface area (Å²) in [6.07, 6.45) is 2.88. The molecule has 2 aromatic heterocycles. The molecule has 0 saturated carbocycles. The van der Waals surface area contributed by atoms with Crippen molar-refractivity contribution in [3.8, 4) is 10.7 Å². The molecular weight excluding hydrogens is 318 g/mol. The van der Waals surface area contributed by atoms with Crippen LogP contribution >= 0.6 is 11.3 Å². The van der Waals surface area contributed by atoms with E-state index in [4.69, 9.17) is 0 Å². The Morgan fingerprint density at radius 3 is 2.67 bits per heavy atom. The van der Waals surface area contributed by atoms with Crippen molar-refractivity contribution < 1.29 is 4.79 Å². The molecule has 0 radical (unpaired) electrons. The number of pyridine rings is 1. The van der Waals surface area contributed by atoms with Crippen molar-refractivity contribution in [3.05, 3.63) is 71.4 Å². The predicted octanol–water partition coefficient (Wildman–Crippen LogP) is 3.80. The summed E-state index contributed by atoms with van der Waals surface area (Å²) in [6, 6.07) is 15.8. The molecule has 0 atom stereocenters. The fourth-order valence-corrected chi connectivity index (χ4v) is 3.23. The van der Waals surface area contributed by atoms with Gasteiger partial charge in [0, 0.05) is 31.6 Å². The van der Waals surface area contributed by atoms with E-state index in [2.05, 4.69) is 9.97 Å². The molecule has 0 unspecified atom stereocenters. The number of aromatic nitrogens is 2. The Hall–Kier alpha value is -2.53. The molecule has 1 amide bonds. The van der Waals surface area contributed by atoms with Gasteiger partial charge in [0.2, 0.25) is 5.91 Å². The first-order chi connectivity index (χ1) is 11.7. The number of aryl methyl sites for hydroxylation is 1. The van der Waals surface area contributed by atoms with Gasteiger partial charge >= 0.3 is 0 Å². The van der Waals surface area contributed by atoms with E-state index in [0.717, 1.165) is 22.0 Å². The highest BCUT2D eigenvalue weighted by Gasteiger charge is 2.11. The van der Waals surface area contributed by atoms with Crippen LogP contribution in [0.1, 0.15) is 17.7 Å². The molecule has 4 nitrogen and oxygen atoms in total. The maximum Gasteiger partial charge on any atom is 0.223 e. The van der Waals surface area contributed by atoms with Crippen LogP contribution in [-0.4, -0.2) is 27.8 Å². The minimum absolute atomic E-state index is 0.131. The zero-order valence-corrected chi connectivity index (χ0v) is 14.4. The van der Waals surface area contributed by atoms with Gasteiger partial charge in [-0.1, -0.05) is 36.4 Å². The van der Waals surface area contributed by atoms with Gasteiger partial charge in [-0.15, -0.1) is 11.3 Å². The molecule has 1 aromatic carbocycles. The van der Waals surface area contributed by atoms with Gasteiger partial charge in [-0.25, -0.2) is 4.98 Å². The molecule has 0 spiro atoms. The fourth-order valence-electron chi connectivity index (χ4n) is 2.40. The number of benzene rings is 1. The lowest BCUT2D eigenvalue weighted by atomic mass is 10.2. The highest BCUT2D eigenvalue weighted by atomic mass is 32.1. The van der Waals surface area contributed by atoms with Gasteiger partial charge in [0.05, 0.1) is 11.4 Å². The van der Waals surface area contributed by atoms with E-state index in [9.17, 15) is 4.79 Å². The van der Waals surface area contributed by atoms with Crippen LogP contribution in [-0.2, 0) is 17.8 Å². The second kappa shape index (κ2) is 7.84. The third-order valence-corrected chi connectivity index (χ3v) is 4.63. The molecule has 0 fully saturated rings. The summed E-state index contributed by atoms with van der Waals surface area (Å²) >= 11 is 1.57. The van der Waals surface area contributed by atoms with Crippen LogP contribution < -0.4 is 0 Å². The molecule has 0 aliphatic rings. The summed E-state index contributed by atoms with van der Waals surface area (Å²) in [4.78, 5) is 22.9. The lowest BCUT2D eigenvalue weighted by Crippen LogP contribution is -2.26. The van der Waals surface area contributed by atoms with Crippen molar-refractivity contribution in [2.45, 2.75) is 19.4 Å². The van der Waals surface area contributed by atoms with Gasteiger partial charge in [-0.3, -0.25) is 9.78 Å². The van der Waals surface area contributed by atoms with Crippen molar-refractivity contribution >= 4 is 17.2 Å². The smallest absolute Gasteiger partial charge is 0.223 e. The molecule has 5 heteroatoms. The summed E-state index contributed by atoms with van der Waals surface area (Å²) in [5, 5.41) is 2.91. The SMILES string of the molecule is CN(Cc1ccccc1)C(=O)CCc1csc(-c2ccccn2)n1. The van der Waals surface area contributed by atoms with Crippen LogP contribution in [0.3, 0.4) is 0 Å². The van der Waals surface area contributed by atoms with Crippen molar-refractivity contribution in [1.82, 2.24) is 14.9 Å². The van der Waals surface area contributed by atoms with Gasteiger partial charge in [0.15, 0.2) is 0 Å². The van der Waals surface area contributed by atoms with Crippen molar-refractivity contribution in [1.29, 1.82) is 0 Å². The molecule has 0 aliphatic heterocycles. The Morgan fingerprint density at radius 1 is 1.12 bits per heavy atom. The molecule has 24 heavy (non-hydrogen) atoms. The number of hydrogen-bond acceptors (Lipinski definition) is 4. The summed E-state index contributed by atoms with van der Waals surface area (Å²) in [5.41, 5.74) is 2.96. The summed E-state index contributed by atoms with van der Waals surface area (Å²) < 4.78 is 0. The van der Waals surface area contributed by atoms with E-state index in [0.29, 0.717) is 19.4 Å². The molecule has 0 N–H and O–H groups in total. The van der Waals surface area contributed by atoms with Gasteiger partial charge in [-0.2, -0.15) is 0 Å². The van der Waals surface area contributed by atoms with E-state index in [1.165, 1.54) is 0 Å². The number of carbonyl (C=O) groups excluding carboxylic acids is 1. The van der Waals surface area contributed by atoms with Crippen LogP contribution in [0.4, 0.5) is 0 Å². The lowest BCUT2D eigenvalue weighted by molar-refractivity contribution is -0.130. The first-order valence-electron chi connectivity index (χ1n) is 7.86. The predicted molar refractivity (Wildman–Crippen MR) is 96.6 cm³/mol. The first-order valence-corrected chi connectivity index (χ1v) is 8.74. The van der Waals surface area contributed by atoms with Gasteiger partial charge in [-0.05, 0) is 24.1 Å².